The molecule has 1 amide bonds. The van der Waals surface area contributed by atoms with E-state index in [1.165, 1.54) is 0 Å². The highest BCUT2D eigenvalue weighted by Gasteiger charge is 2.41. The average molecular weight is 345 g/mol. The summed E-state index contributed by atoms with van der Waals surface area (Å²) in [4.78, 5) is 27.7. The molecule has 0 aromatic carbocycles. The van der Waals surface area contributed by atoms with Gasteiger partial charge >= 0.3 is 0 Å². The third kappa shape index (κ3) is 3.77. The lowest BCUT2D eigenvalue weighted by Crippen LogP contribution is -2.52. The average Bonchev–Trinajstić information content (AvgIpc) is 3.12. The summed E-state index contributed by atoms with van der Waals surface area (Å²) in [7, 11) is 0. The lowest BCUT2D eigenvalue weighted by molar-refractivity contribution is -0.137. The van der Waals surface area contributed by atoms with Gasteiger partial charge in [0.2, 0.25) is 11.9 Å². The van der Waals surface area contributed by atoms with Crippen LogP contribution in [0.2, 0.25) is 0 Å². The molecule has 0 aliphatic carbocycles. The summed E-state index contributed by atoms with van der Waals surface area (Å²) in [5.41, 5.74) is 0.233. The summed E-state index contributed by atoms with van der Waals surface area (Å²) in [6.45, 7) is 8.21. The summed E-state index contributed by atoms with van der Waals surface area (Å²) in [5.74, 6) is 1.13. The van der Waals surface area contributed by atoms with Gasteiger partial charge in [0.15, 0.2) is 0 Å². The largest absolute Gasteiger partial charge is 0.381 e. The van der Waals surface area contributed by atoms with Gasteiger partial charge in [0.1, 0.15) is 0 Å². The maximum Gasteiger partial charge on any atom is 0.225 e. The van der Waals surface area contributed by atoms with Crippen LogP contribution < -0.4 is 4.90 Å². The molecule has 4 rings (SSSR count). The summed E-state index contributed by atoms with van der Waals surface area (Å²) in [6, 6.07) is 1.84. The smallest absolute Gasteiger partial charge is 0.225 e. The van der Waals surface area contributed by atoms with Crippen LogP contribution >= 0.6 is 0 Å². The van der Waals surface area contributed by atoms with Gasteiger partial charge in [0, 0.05) is 76.6 Å². The monoisotopic (exact) mass is 345 g/mol. The van der Waals surface area contributed by atoms with Crippen molar-refractivity contribution in [2.75, 3.05) is 63.9 Å². The molecule has 0 bridgehead atoms. The Kier molecular flexibility index (Phi) is 4.85. The van der Waals surface area contributed by atoms with Crippen molar-refractivity contribution in [1.29, 1.82) is 0 Å². The van der Waals surface area contributed by atoms with Crippen molar-refractivity contribution in [3.05, 3.63) is 18.5 Å². The molecule has 4 heterocycles. The number of carbonyl (C=O) groups excluding carboxylic acids is 1. The van der Waals surface area contributed by atoms with E-state index in [2.05, 4.69) is 24.7 Å². The fourth-order valence-corrected chi connectivity index (χ4v) is 4.17. The van der Waals surface area contributed by atoms with Gasteiger partial charge in [-0.3, -0.25) is 9.69 Å². The molecule has 3 saturated heterocycles. The first-order chi connectivity index (χ1) is 12.2. The summed E-state index contributed by atoms with van der Waals surface area (Å²) in [6.07, 6.45) is 6.37. The van der Waals surface area contributed by atoms with E-state index in [9.17, 15) is 4.79 Å². The first-order valence-corrected chi connectivity index (χ1v) is 9.34. The number of ether oxygens (including phenoxy) is 1. The zero-order chi connectivity index (χ0) is 17.1. The molecule has 0 radical (unpaired) electrons. The van der Waals surface area contributed by atoms with Crippen molar-refractivity contribution in [3.63, 3.8) is 0 Å². The van der Waals surface area contributed by atoms with Crippen molar-refractivity contribution in [2.45, 2.75) is 19.3 Å². The number of rotatable bonds is 4. The Morgan fingerprint density at radius 3 is 2.60 bits per heavy atom. The van der Waals surface area contributed by atoms with E-state index in [4.69, 9.17) is 4.74 Å². The Balaban J connectivity index is 1.25. The van der Waals surface area contributed by atoms with Crippen molar-refractivity contribution < 1.29 is 9.53 Å². The Labute approximate surface area is 149 Å². The lowest BCUT2D eigenvalue weighted by atomic mass is 9.79. The SMILES string of the molecule is O=C1CC[C@@]2(CCOC2)CN1CCN1CCN(c2ncccn2)CC1. The highest BCUT2D eigenvalue weighted by atomic mass is 16.5. The Hall–Kier alpha value is -1.73. The molecule has 136 valence electrons. The van der Waals surface area contributed by atoms with Gasteiger partial charge in [-0.1, -0.05) is 0 Å². The Morgan fingerprint density at radius 2 is 1.88 bits per heavy atom. The molecule has 1 aromatic heterocycles. The number of likely N-dealkylation sites (tertiary alicyclic amines) is 1. The molecule has 0 N–H and O–H groups in total. The predicted molar refractivity (Wildman–Crippen MR) is 94.4 cm³/mol. The molecule has 1 aromatic rings. The van der Waals surface area contributed by atoms with Crippen molar-refractivity contribution in [3.8, 4) is 0 Å². The first kappa shape index (κ1) is 16.7. The van der Waals surface area contributed by atoms with Gasteiger partial charge < -0.3 is 14.5 Å². The minimum Gasteiger partial charge on any atom is -0.381 e. The summed E-state index contributed by atoms with van der Waals surface area (Å²) < 4.78 is 5.60. The number of piperidine rings is 1. The number of piperazine rings is 1. The van der Waals surface area contributed by atoms with Crippen molar-refractivity contribution >= 4 is 11.9 Å². The molecule has 3 aliphatic rings. The third-order valence-electron chi connectivity index (χ3n) is 5.83. The molecule has 1 spiro atoms. The molecule has 3 fully saturated rings. The van der Waals surface area contributed by atoms with Crippen molar-refractivity contribution in [2.24, 2.45) is 5.41 Å². The maximum atomic E-state index is 12.3. The number of anilines is 1. The van der Waals surface area contributed by atoms with E-state index in [-0.39, 0.29) is 5.41 Å². The van der Waals surface area contributed by atoms with Gasteiger partial charge in [-0.25, -0.2) is 9.97 Å². The second-order valence-corrected chi connectivity index (χ2v) is 7.50. The predicted octanol–water partition coefficient (Wildman–Crippen LogP) is 0.628. The number of aromatic nitrogens is 2. The summed E-state index contributed by atoms with van der Waals surface area (Å²) >= 11 is 0. The lowest BCUT2D eigenvalue weighted by Gasteiger charge is -2.41. The molecule has 3 aliphatic heterocycles. The zero-order valence-electron chi connectivity index (χ0n) is 14.8. The van der Waals surface area contributed by atoms with Crippen LogP contribution in [-0.4, -0.2) is 84.7 Å². The van der Waals surface area contributed by atoms with E-state index in [0.29, 0.717) is 12.3 Å². The van der Waals surface area contributed by atoms with Gasteiger partial charge in [-0.15, -0.1) is 0 Å². The molecule has 1 atom stereocenters. The maximum absolute atomic E-state index is 12.3. The topological polar surface area (TPSA) is 61.8 Å². The third-order valence-corrected chi connectivity index (χ3v) is 5.83. The molecule has 0 unspecified atom stereocenters. The fourth-order valence-electron chi connectivity index (χ4n) is 4.17. The number of nitrogens with zero attached hydrogens (tertiary/aromatic N) is 5. The van der Waals surface area contributed by atoms with E-state index in [1.54, 1.807) is 12.4 Å². The molecule has 7 heteroatoms. The molecule has 7 nitrogen and oxygen atoms in total. The van der Waals surface area contributed by atoms with Crippen LogP contribution in [0, 0.1) is 5.41 Å². The van der Waals surface area contributed by atoms with Gasteiger partial charge in [0.05, 0.1) is 6.61 Å². The standard InChI is InChI=1S/C18H27N5O2/c24-16-2-3-18(4-13-25-15-18)14-23(16)12-9-21-7-10-22(11-8-21)17-19-5-1-6-20-17/h1,5-6H,2-4,7-15H2/t18-/m1/s1. The zero-order valence-corrected chi connectivity index (χ0v) is 14.8. The minimum atomic E-state index is 0.233. The van der Waals surface area contributed by atoms with Crippen molar-refractivity contribution in [1.82, 2.24) is 19.8 Å². The highest BCUT2D eigenvalue weighted by Crippen LogP contribution is 2.37. The fraction of sp³-hybridized carbons (Fsp3) is 0.722. The molecular formula is C18H27N5O2. The van der Waals surface area contributed by atoms with Gasteiger partial charge in [0.25, 0.3) is 0 Å². The molecular weight excluding hydrogens is 318 g/mol. The first-order valence-electron chi connectivity index (χ1n) is 9.34. The second-order valence-electron chi connectivity index (χ2n) is 7.50. The highest BCUT2D eigenvalue weighted by molar-refractivity contribution is 5.77. The number of hydrogen-bond donors (Lipinski definition) is 0. The van der Waals surface area contributed by atoms with Crippen LogP contribution in [0.3, 0.4) is 0 Å². The van der Waals surface area contributed by atoms with E-state index in [1.807, 2.05) is 6.07 Å². The van der Waals surface area contributed by atoms with Crippen LogP contribution in [0.15, 0.2) is 18.5 Å². The number of amides is 1. The Morgan fingerprint density at radius 1 is 1.08 bits per heavy atom. The van der Waals surface area contributed by atoms with E-state index in [0.717, 1.165) is 77.8 Å². The van der Waals surface area contributed by atoms with Gasteiger partial charge in [-0.05, 0) is 18.9 Å². The molecule has 0 saturated carbocycles. The van der Waals surface area contributed by atoms with Crippen LogP contribution in [0.5, 0.6) is 0 Å². The Bertz CT molecular complexity index is 582. The number of hydrogen-bond acceptors (Lipinski definition) is 6. The van der Waals surface area contributed by atoms with Crippen LogP contribution in [0.4, 0.5) is 5.95 Å². The van der Waals surface area contributed by atoms with Crippen LogP contribution in [-0.2, 0) is 9.53 Å². The quantitative estimate of drug-likeness (QED) is 0.798. The number of carbonyl (C=O) groups is 1. The molecule has 25 heavy (non-hydrogen) atoms. The van der Waals surface area contributed by atoms with Crippen LogP contribution in [0.25, 0.3) is 0 Å². The van der Waals surface area contributed by atoms with Gasteiger partial charge in [-0.2, -0.15) is 0 Å². The summed E-state index contributed by atoms with van der Waals surface area (Å²) in [5, 5.41) is 0. The second kappa shape index (κ2) is 7.25. The van der Waals surface area contributed by atoms with Crippen LogP contribution in [0.1, 0.15) is 19.3 Å². The normalized spacial score (nSPS) is 28.1. The minimum absolute atomic E-state index is 0.233. The van der Waals surface area contributed by atoms with E-state index >= 15 is 0 Å². The van der Waals surface area contributed by atoms with E-state index < -0.39 is 0 Å².